The zero-order valence-electron chi connectivity index (χ0n) is 14.1. The molecule has 2 aromatic rings. The number of likely N-dealkylation sites (tertiary alicyclic amines) is 1. The molecule has 0 aromatic heterocycles. The summed E-state index contributed by atoms with van der Waals surface area (Å²) in [6.45, 7) is 0.700. The lowest BCUT2D eigenvalue weighted by molar-refractivity contribution is -0.131. The molecule has 1 fully saturated rings. The van der Waals surface area contributed by atoms with E-state index in [0.29, 0.717) is 5.56 Å². The first kappa shape index (κ1) is 17.8. The molecule has 2 aromatic carbocycles. The number of aryl methyl sites for hydroxylation is 1. The number of carbonyl (C=O) groups is 2. The van der Waals surface area contributed by atoms with Crippen molar-refractivity contribution in [3.63, 3.8) is 0 Å². The van der Waals surface area contributed by atoms with Gasteiger partial charge in [-0.3, -0.25) is 9.59 Å². The van der Waals surface area contributed by atoms with Gasteiger partial charge in [-0.2, -0.15) is 5.26 Å². The van der Waals surface area contributed by atoms with E-state index in [1.54, 1.807) is 18.2 Å². The lowest BCUT2D eigenvalue weighted by Gasteiger charge is -2.19. The quantitative estimate of drug-likeness (QED) is 0.918. The molecular formula is C19H17F2N3O2. The number of benzene rings is 2. The maximum absolute atomic E-state index is 13.4. The maximum Gasteiger partial charge on any atom is 0.268 e. The molecule has 0 radical (unpaired) electrons. The monoisotopic (exact) mass is 357 g/mol. The average molecular weight is 357 g/mol. The summed E-state index contributed by atoms with van der Waals surface area (Å²) < 4.78 is 26.9. The number of nitrogens with zero attached hydrogens (tertiary/aromatic N) is 2. The first-order valence-electron chi connectivity index (χ1n) is 8.16. The number of fused-ring (bicyclic) bond motifs is 1. The standard InChI is InChI=1S/C19H17F2N3O2/c1-12-4-2-6-15-14(12)5-3-7-16(15)18(26)23-10-17(25)24-11-19(20,21)8-13(24)9-22/h2-7,13H,8,10-11H2,1H3,(H,23,26)/t13-/m0/s1. The summed E-state index contributed by atoms with van der Waals surface area (Å²) in [6, 6.07) is 11.4. The first-order valence-corrected chi connectivity index (χ1v) is 8.16. The van der Waals surface area contributed by atoms with Gasteiger partial charge in [-0.15, -0.1) is 0 Å². The number of hydrogen-bond donors (Lipinski definition) is 1. The van der Waals surface area contributed by atoms with Gasteiger partial charge in [-0.25, -0.2) is 8.78 Å². The van der Waals surface area contributed by atoms with Gasteiger partial charge in [0.1, 0.15) is 6.04 Å². The summed E-state index contributed by atoms with van der Waals surface area (Å²) in [5.74, 6) is -4.24. The maximum atomic E-state index is 13.4. The SMILES string of the molecule is Cc1cccc2c(C(=O)NCC(=O)N3CC(F)(F)C[C@H]3C#N)cccc12. The van der Waals surface area contributed by atoms with Crippen LogP contribution in [0.3, 0.4) is 0 Å². The van der Waals surface area contributed by atoms with Crippen molar-refractivity contribution >= 4 is 22.6 Å². The fourth-order valence-corrected chi connectivity index (χ4v) is 3.21. The van der Waals surface area contributed by atoms with Gasteiger partial charge < -0.3 is 10.2 Å². The predicted molar refractivity (Wildman–Crippen MR) is 91.7 cm³/mol. The Morgan fingerprint density at radius 2 is 1.96 bits per heavy atom. The molecule has 0 spiro atoms. The van der Waals surface area contributed by atoms with Gasteiger partial charge in [-0.05, 0) is 29.3 Å². The Morgan fingerprint density at radius 3 is 2.69 bits per heavy atom. The van der Waals surface area contributed by atoms with E-state index in [9.17, 15) is 18.4 Å². The second-order valence-corrected chi connectivity index (χ2v) is 6.38. The van der Waals surface area contributed by atoms with Crippen molar-refractivity contribution in [2.75, 3.05) is 13.1 Å². The molecule has 0 aliphatic carbocycles. The normalized spacial score (nSPS) is 18.5. The molecule has 1 saturated heterocycles. The topological polar surface area (TPSA) is 73.2 Å². The molecule has 5 nitrogen and oxygen atoms in total. The van der Waals surface area contributed by atoms with Crippen molar-refractivity contribution in [1.29, 1.82) is 5.26 Å². The minimum Gasteiger partial charge on any atom is -0.343 e. The van der Waals surface area contributed by atoms with E-state index in [-0.39, 0.29) is 0 Å². The Bertz CT molecular complexity index is 921. The summed E-state index contributed by atoms with van der Waals surface area (Å²) in [5, 5.41) is 13.1. The van der Waals surface area contributed by atoms with Gasteiger partial charge in [0.2, 0.25) is 5.91 Å². The molecule has 26 heavy (non-hydrogen) atoms. The second kappa shape index (κ2) is 6.71. The van der Waals surface area contributed by atoms with E-state index in [4.69, 9.17) is 5.26 Å². The van der Waals surface area contributed by atoms with Crippen LogP contribution < -0.4 is 5.32 Å². The molecule has 1 aliphatic rings. The number of nitrogens with one attached hydrogen (secondary N) is 1. The molecule has 1 atom stereocenters. The highest BCUT2D eigenvalue weighted by molar-refractivity contribution is 6.08. The van der Waals surface area contributed by atoms with Crippen molar-refractivity contribution in [1.82, 2.24) is 10.2 Å². The minimum atomic E-state index is -3.08. The largest absolute Gasteiger partial charge is 0.343 e. The Labute approximate surface area is 149 Å². The lowest BCUT2D eigenvalue weighted by Crippen LogP contribution is -2.43. The molecule has 0 bridgehead atoms. The second-order valence-electron chi connectivity index (χ2n) is 6.38. The Hall–Kier alpha value is -3.01. The zero-order chi connectivity index (χ0) is 18.9. The Morgan fingerprint density at radius 1 is 1.27 bits per heavy atom. The van der Waals surface area contributed by atoms with Crippen LogP contribution >= 0.6 is 0 Å². The number of alkyl halides is 2. The van der Waals surface area contributed by atoms with Gasteiger partial charge in [0.15, 0.2) is 0 Å². The van der Waals surface area contributed by atoms with Crippen molar-refractivity contribution in [3.05, 3.63) is 47.5 Å². The lowest BCUT2D eigenvalue weighted by atomic mass is 10.0. The van der Waals surface area contributed by atoms with Crippen molar-refractivity contribution in [3.8, 4) is 6.07 Å². The average Bonchev–Trinajstić information content (AvgIpc) is 2.94. The number of amides is 2. The Kier molecular flexibility index (Phi) is 4.60. The number of carbonyl (C=O) groups excluding carboxylic acids is 2. The molecular weight excluding hydrogens is 340 g/mol. The smallest absolute Gasteiger partial charge is 0.268 e. The Balaban J connectivity index is 1.73. The molecule has 2 amide bonds. The molecule has 1 aliphatic heterocycles. The van der Waals surface area contributed by atoms with E-state index < -0.39 is 43.3 Å². The highest BCUT2D eigenvalue weighted by Gasteiger charge is 2.47. The van der Waals surface area contributed by atoms with Gasteiger partial charge >= 0.3 is 0 Å². The van der Waals surface area contributed by atoms with Crippen LogP contribution in [0.5, 0.6) is 0 Å². The van der Waals surface area contributed by atoms with Gasteiger partial charge in [0, 0.05) is 12.0 Å². The number of halogens is 2. The van der Waals surface area contributed by atoms with Crippen LogP contribution in [0.15, 0.2) is 36.4 Å². The van der Waals surface area contributed by atoms with Crippen LogP contribution in [-0.4, -0.2) is 41.8 Å². The number of hydrogen-bond acceptors (Lipinski definition) is 3. The molecule has 1 N–H and O–H groups in total. The summed E-state index contributed by atoms with van der Waals surface area (Å²) >= 11 is 0. The zero-order valence-corrected chi connectivity index (χ0v) is 14.1. The summed E-state index contributed by atoms with van der Waals surface area (Å²) in [7, 11) is 0. The van der Waals surface area contributed by atoms with Crippen LogP contribution in [0.25, 0.3) is 10.8 Å². The molecule has 0 unspecified atom stereocenters. The number of nitriles is 1. The third-order valence-corrected chi connectivity index (χ3v) is 4.52. The predicted octanol–water partition coefficient (Wildman–Crippen LogP) is 2.64. The summed E-state index contributed by atoms with van der Waals surface area (Å²) in [5.41, 5.74) is 1.42. The fourth-order valence-electron chi connectivity index (χ4n) is 3.21. The van der Waals surface area contributed by atoms with Crippen LogP contribution in [0.1, 0.15) is 22.3 Å². The number of rotatable bonds is 3. The van der Waals surface area contributed by atoms with Crippen LogP contribution in [0.4, 0.5) is 8.78 Å². The van der Waals surface area contributed by atoms with E-state index in [1.807, 2.05) is 31.2 Å². The minimum absolute atomic E-state index is 0.405. The van der Waals surface area contributed by atoms with Gasteiger partial charge in [0.05, 0.1) is 19.2 Å². The van der Waals surface area contributed by atoms with E-state index in [1.165, 1.54) is 0 Å². The van der Waals surface area contributed by atoms with Crippen molar-refractivity contribution in [2.24, 2.45) is 0 Å². The highest BCUT2D eigenvalue weighted by atomic mass is 19.3. The fraction of sp³-hybridized carbons (Fsp3) is 0.316. The van der Waals surface area contributed by atoms with Crippen LogP contribution in [0.2, 0.25) is 0 Å². The molecule has 3 rings (SSSR count). The summed E-state index contributed by atoms with van der Waals surface area (Å²) in [6.07, 6.45) is -0.675. The third kappa shape index (κ3) is 3.36. The highest BCUT2D eigenvalue weighted by Crippen LogP contribution is 2.31. The molecule has 1 heterocycles. The van der Waals surface area contributed by atoms with Crippen molar-refractivity contribution in [2.45, 2.75) is 25.3 Å². The first-order chi connectivity index (χ1) is 12.3. The summed E-state index contributed by atoms with van der Waals surface area (Å²) in [4.78, 5) is 25.5. The van der Waals surface area contributed by atoms with E-state index >= 15 is 0 Å². The van der Waals surface area contributed by atoms with Crippen molar-refractivity contribution < 1.29 is 18.4 Å². The van der Waals surface area contributed by atoms with Gasteiger partial charge in [-0.1, -0.05) is 30.3 Å². The van der Waals surface area contributed by atoms with Crippen LogP contribution in [-0.2, 0) is 4.79 Å². The molecule has 134 valence electrons. The van der Waals surface area contributed by atoms with E-state index in [0.717, 1.165) is 21.2 Å². The third-order valence-electron chi connectivity index (χ3n) is 4.52. The van der Waals surface area contributed by atoms with Gasteiger partial charge in [0.25, 0.3) is 11.8 Å². The molecule has 7 heteroatoms. The molecule has 0 saturated carbocycles. The van der Waals surface area contributed by atoms with Crippen LogP contribution in [0, 0.1) is 18.3 Å². The van der Waals surface area contributed by atoms with E-state index in [2.05, 4.69) is 5.32 Å².